The minimum absolute atomic E-state index is 0.0708. The molecule has 0 atom stereocenters. The second-order valence-corrected chi connectivity index (χ2v) is 5.64. The Labute approximate surface area is 141 Å². The number of thiazole rings is 1. The van der Waals surface area contributed by atoms with Crippen molar-refractivity contribution in [2.24, 2.45) is 0 Å². The zero-order valence-corrected chi connectivity index (χ0v) is 12.9. The second-order valence-electron chi connectivity index (χ2n) is 4.80. The number of non-ortho nitro benzene ring substituents is 1. The fourth-order valence-electron chi connectivity index (χ4n) is 2.15. The molecule has 0 bridgehead atoms. The van der Waals surface area contributed by atoms with Gasteiger partial charge < -0.3 is 0 Å². The predicted molar refractivity (Wildman–Crippen MR) is 81.7 cm³/mol. The van der Waals surface area contributed by atoms with Crippen LogP contribution in [0.15, 0.2) is 35.8 Å². The first-order valence-corrected chi connectivity index (χ1v) is 7.50. The summed E-state index contributed by atoms with van der Waals surface area (Å²) >= 11 is 0.869. The lowest BCUT2D eigenvalue weighted by Gasteiger charge is -2.08. The van der Waals surface area contributed by atoms with Crippen LogP contribution in [0.1, 0.15) is 16.1 Å². The van der Waals surface area contributed by atoms with Gasteiger partial charge in [-0.15, -0.1) is 11.3 Å². The van der Waals surface area contributed by atoms with Gasteiger partial charge in [-0.1, -0.05) is 12.1 Å². The van der Waals surface area contributed by atoms with E-state index in [0.29, 0.717) is 10.2 Å². The molecule has 0 aliphatic carbocycles. The molecule has 0 amide bonds. The van der Waals surface area contributed by atoms with Gasteiger partial charge in [0, 0.05) is 23.1 Å². The standard InChI is InChI=1S/C14H7F3N4O3S/c15-14(16,17)12-9(6-22)5-18-20(12)13-19-11(7-25-13)8-2-1-3-10(4-8)21(23)24/h1-7H. The van der Waals surface area contributed by atoms with E-state index in [1.54, 1.807) is 6.07 Å². The molecule has 1 aromatic carbocycles. The molecule has 0 saturated carbocycles. The number of carbonyl (C=O) groups is 1. The number of aromatic nitrogens is 3. The summed E-state index contributed by atoms with van der Waals surface area (Å²) in [5.74, 6) is 0. The van der Waals surface area contributed by atoms with Crippen molar-refractivity contribution in [2.45, 2.75) is 6.18 Å². The number of hydrogen-bond acceptors (Lipinski definition) is 6. The summed E-state index contributed by atoms with van der Waals surface area (Å²) in [6.45, 7) is 0. The quantitative estimate of drug-likeness (QED) is 0.397. The first kappa shape index (κ1) is 16.8. The molecule has 128 valence electrons. The third-order valence-corrected chi connectivity index (χ3v) is 4.04. The molecule has 0 spiro atoms. The summed E-state index contributed by atoms with van der Waals surface area (Å²) in [7, 11) is 0. The highest BCUT2D eigenvalue weighted by atomic mass is 32.1. The molecule has 3 rings (SSSR count). The van der Waals surface area contributed by atoms with E-state index in [2.05, 4.69) is 10.1 Å². The Bertz CT molecular complexity index is 964. The topological polar surface area (TPSA) is 90.9 Å². The van der Waals surface area contributed by atoms with Gasteiger partial charge in [-0.2, -0.15) is 18.3 Å². The van der Waals surface area contributed by atoms with Crippen molar-refractivity contribution >= 4 is 23.3 Å². The fraction of sp³-hybridized carbons (Fsp3) is 0.0714. The third-order valence-electron chi connectivity index (χ3n) is 3.22. The van der Waals surface area contributed by atoms with E-state index < -0.39 is 22.4 Å². The first-order chi connectivity index (χ1) is 11.8. The Morgan fingerprint density at radius 3 is 2.72 bits per heavy atom. The fourth-order valence-corrected chi connectivity index (χ4v) is 2.94. The SMILES string of the molecule is O=Cc1cnn(-c2nc(-c3cccc([N+](=O)[O-])c3)cs2)c1C(F)(F)F. The van der Waals surface area contributed by atoms with Gasteiger partial charge in [0.1, 0.15) is 0 Å². The molecular formula is C14H7F3N4O3S. The van der Waals surface area contributed by atoms with Gasteiger partial charge in [0.25, 0.3) is 5.69 Å². The Morgan fingerprint density at radius 1 is 1.32 bits per heavy atom. The highest BCUT2D eigenvalue weighted by Gasteiger charge is 2.39. The van der Waals surface area contributed by atoms with Crippen molar-refractivity contribution in [2.75, 3.05) is 0 Å². The number of alkyl halides is 3. The van der Waals surface area contributed by atoms with E-state index in [-0.39, 0.29) is 22.8 Å². The van der Waals surface area contributed by atoms with Crippen molar-refractivity contribution in [3.8, 4) is 16.4 Å². The van der Waals surface area contributed by atoms with Gasteiger partial charge >= 0.3 is 6.18 Å². The number of nitro groups is 1. The van der Waals surface area contributed by atoms with E-state index in [1.165, 1.54) is 23.6 Å². The van der Waals surface area contributed by atoms with Gasteiger partial charge in [-0.25, -0.2) is 9.67 Å². The van der Waals surface area contributed by atoms with E-state index in [0.717, 1.165) is 17.5 Å². The number of carbonyl (C=O) groups excluding carboxylic acids is 1. The van der Waals surface area contributed by atoms with Crippen LogP contribution in [0.25, 0.3) is 16.4 Å². The molecule has 0 unspecified atom stereocenters. The van der Waals surface area contributed by atoms with Crippen LogP contribution in [0.4, 0.5) is 18.9 Å². The highest BCUT2D eigenvalue weighted by molar-refractivity contribution is 7.12. The van der Waals surface area contributed by atoms with Crippen LogP contribution in [0.5, 0.6) is 0 Å². The molecule has 0 radical (unpaired) electrons. The van der Waals surface area contributed by atoms with Crippen LogP contribution < -0.4 is 0 Å². The smallest absolute Gasteiger partial charge is 0.298 e. The molecule has 2 aromatic heterocycles. The van der Waals surface area contributed by atoms with Gasteiger partial charge in [-0.05, 0) is 0 Å². The summed E-state index contributed by atoms with van der Waals surface area (Å²) in [5, 5.41) is 15.7. The Balaban J connectivity index is 2.06. The minimum Gasteiger partial charge on any atom is -0.298 e. The van der Waals surface area contributed by atoms with E-state index in [1.807, 2.05) is 0 Å². The summed E-state index contributed by atoms with van der Waals surface area (Å²) in [6, 6.07) is 5.56. The van der Waals surface area contributed by atoms with Crippen LogP contribution in [0.3, 0.4) is 0 Å². The molecule has 11 heteroatoms. The van der Waals surface area contributed by atoms with Gasteiger partial charge in [0.05, 0.1) is 22.4 Å². The third kappa shape index (κ3) is 3.13. The largest absolute Gasteiger partial charge is 0.434 e. The average Bonchev–Trinajstić information content (AvgIpc) is 3.20. The lowest BCUT2D eigenvalue weighted by molar-refractivity contribution is -0.384. The van der Waals surface area contributed by atoms with Crippen LogP contribution >= 0.6 is 11.3 Å². The van der Waals surface area contributed by atoms with Crippen molar-refractivity contribution < 1.29 is 22.9 Å². The molecular weight excluding hydrogens is 361 g/mol. The summed E-state index contributed by atoms with van der Waals surface area (Å²) in [5.41, 5.74) is -1.33. The lowest BCUT2D eigenvalue weighted by atomic mass is 10.1. The number of nitro benzene ring substituents is 1. The Morgan fingerprint density at radius 2 is 2.08 bits per heavy atom. The zero-order valence-electron chi connectivity index (χ0n) is 12.1. The molecule has 25 heavy (non-hydrogen) atoms. The second kappa shape index (κ2) is 6.09. The molecule has 0 aliphatic heterocycles. The Kier molecular flexibility index (Phi) is 4.08. The normalized spacial score (nSPS) is 11.5. The van der Waals surface area contributed by atoms with Crippen LogP contribution in [-0.4, -0.2) is 26.0 Å². The summed E-state index contributed by atoms with van der Waals surface area (Å²) in [4.78, 5) is 25.1. The van der Waals surface area contributed by atoms with Gasteiger partial charge in [0.15, 0.2) is 12.0 Å². The number of rotatable bonds is 4. The maximum atomic E-state index is 13.2. The molecule has 2 heterocycles. The van der Waals surface area contributed by atoms with E-state index >= 15 is 0 Å². The summed E-state index contributed by atoms with van der Waals surface area (Å²) in [6.07, 6.45) is -3.91. The predicted octanol–water partition coefficient (Wildman–Crippen LogP) is 3.74. The highest BCUT2D eigenvalue weighted by Crippen LogP contribution is 2.34. The number of aldehydes is 1. The Hall–Kier alpha value is -3.08. The van der Waals surface area contributed by atoms with Crippen molar-refractivity contribution in [3.63, 3.8) is 0 Å². The minimum atomic E-state index is -4.79. The van der Waals surface area contributed by atoms with E-state index in [4.69, 9.17) is 0 Å². The molecule has 0 saturated heterocycles. The monoisotopic (exact) mass is 368 g/mol. The van der Waals surface area contributed by atoms with Crippen LogP contribution in [0.2, 0.25) is 0 Å². The molecule has 0 N–H and O–H groups in total. The van der Waals surface area contributed by atoms with E-state index in [9.17, 15) is 28.1 Å². The number of hydrogen-bond donors (Lipinski definition) is 0. The molecule has 7 nitrogen and oxygen atoms in total. The average molecular weight is 368 g/mol. The van der Waals surface area contributed by atoms with Gasteiger partial charge in [-0.3, -0.25) is 14.9 Å². The molecule has 0 aliphatic rings. The van der Waals surface area contributed by atoms with Crippen LogP contribution in [0, 0.1) is 10.1 Å². The number of halogens is 3. The van der Waals surface area contributed by atoms with Crippen LogP contribution in [-0.2, 0) is 6.18 Å². The number of benzene rings is 1. The molecule has 0 fully saturated rings. The number of nitrogens with zero attached hydrogens (tertiary/aromatic N) is 4. The van der Waals surface area contributed by atoms with Gasteiger partial charge in [0.2, 0.25) is 5.13 Å². The lowest BCUT2D eigenvalue weighted by Crippen LogP contribution is -2.15. The summed E-state index contributed by atoms with van der Waals surface area (Å²) < 4.78 is 40.0. The maximum absolute atomic E-state index is 13.2. The molecule has 3 aromatic rings. The van der Waals surface area contributed by atoms with Crippen molar-refractivity contribution in [1.29, 1.82) is 0 Å². The maximum Gasteiger partial charge on any atom is 0.434 e. The first-order valence-electron chi connectivity index (χ1n) is 6.62. The van der Waals surface area contributed by atoms with Crippen molar-refractivity contribution in [1.82, 2.24) is 14.8 Å². The van der Waals surface area contributed by atoms with Crippen molar-refractivity contribution in [3.05, 3.63) is 57.2 Å². The zero-order chi connectivity index (χ0) is 18.2.